The van der Waals surface area contributed by atoms with Crippen LogP contribution in [0, 0.1) is 19.8 Å². The Kier molecular flexibility index (Phi) is 5.58. The lowest BCUT2D eigenvalue weighted by Gasteiger charge is -2.29. The molecule has 1 atom stereocenters. The Labute approximate surface area is 123 Å². The molecule has 1 fully saturated rings. The highest BCUT2D eigenvalue weighted by Crippen LogP contribution is 2.19. The highest BCUT2D eigenvalue weighted by molar-refractivity contribution is 5.30. The lowest BCUT2D eigenvalue weighted by Crippen LogP contribution is -2.34. The predicted octanol–water partition coefficient (Wildman–Crippen LogP) is 2.66. The molecule has 0 amide bonds. The number of hydrogen-bond donors (Lipinski definition) is 1. The SMILES string of the molecule is Cc1cc(C)cc(C(N)CN(C)CC2CCOCC2)c1. The van der Waals surface area contributed by atoms with E-state index in [2.05, 4.69) is 44.0 Å². The Hall–Kier alpha value is -0.900. The fourth-order valence-electron chi connectivity index (χ4n) is 3.11. The van der Waals surface area contributed by atoms with Gasteiger partial charge in [0.2, 0.25) is 0 Å². The third-order valence-corrected chi connectivity index (χ3v) is 4.09. The number of aryl methyl sites for hydroxylation is 2. The fourth-order valence-corrected chi connectivity index (χ4v) is 3.11. The van der Waals surface area contributed by atoms with Crippen LogP contribution in [0.4, 0.5) is 0 Å². The van der Waals surface area contributed by atoms with Gasteiger partial charge in [0.05, 0.1) is 0 Å². The number of hydrogen-bond acceptors (Lipinski definition) is 3. The van der Waals surface area contributed by atoms with Gasteiger partial charge in [0.25, 0.3) is 0 Å². The first-order chi connectivity index (χ1) is 9.54. The number of likely N-dealkylation sites (N-methyl/N-ethyl adjacent to an activating group) is 1. The summed E-state index contributed by atoms with van der Waals surface area (Å²) in [6, 6.07) is 6.71. The standard InChI is InChI=1S/C17H28N2O/c1-13-8-14(2)10-16(9-13)17(18)12-19(3)11-15-4-6-20-7-5-15/h8-10,15,17H,4-7,11-12,18H2,1-3H3. The topological polar surface area (TPSA) is 38.5 Å². The van der Waals surface area contributed by atoms with Gasteiger partial charge in [-0.15, -0.1) is 0 Å². The van der Waals surface area contributed by atoms with Crippen LogP contribution in [-0.2, 0) is 4.74 Å². The molecule has 0 aliphatic carbocycles. The van der Waals surface area contributed by atoms with Crippen LogP contribution in [0.2, 0.25) is 0 Å². The van der Waals surface area contributed by atoms with Crippen LogP contribution in [0.3, 0.4) is 0 Å². The molecule has 0 bridgehead atoms. The summed E-state index contributed by atoms with van der Waals surface area (Å²) in [5.41, 5.74) is 10.2. The van der Waals surface area contributed by atoms with E-state index in [-0.39, 0.29) is 6.04 Å². The molecule has 20 heavy (non-hydrogen) atoms. The van der Waals surface area contributed by atoms with Gasteiger partial charge in [-0.2, -0.15) is 0 Å². The fraction of sp³-hybridized carbons (Fsp3) is 0.647. The van der Waals surface area contributed by atoms with E-state index in [1.807, 2.05) is 0 Å². The summed E-state index contributed by atoms with van der Waals surface area (Å²) in [5.74, 6) is 0.764. The largest absolute Gasteiger partial charge is 0.381 e. The smallest absolute Gasteiger partial charge is 0.0469 e. The molecule has 2 N–H and O–H groups in total. The van der Waals surface area contributed by atoms with Gasteiger partial charge in [-0.05, 0) is 45.2 Å². The van der Waals surface area contributed by atoms with Crippen molar-refractivity contribution in [2.24, 2.45) is 11.7 Å². The third kappa shape index (κ3) is 4.58. The highest BCUT2D eigenvalue weighted by Gasteiger charge is 2.17. The molecule has 0 aromatic heterocycles. The number of nitrogens with two attached hydrogens (primary N) is 1. The molecule has 1 aliphatic rings. The van der Waals surface area contributed by atoms with Crippen LogP contribution in [0.5, 0.6) is 0 Å². The van der Waals surface area contributed by atoms with Gasteiger partial charge in [0.1, 0.15) is 0 Å². The van der Waals surface area contributed by atoms with Crippen LogP contribution >= 0.6 is 0 Å². The molecule has 0 radical (unpaired) electrons. The Morgan fingerprint density at radius 3 is 2.40 bits per heavy atom. The molecule has 1 unspecified atom stereocenters. The molecule has 3 heteroatoms. The molecule has 1 aromatic carbocycles. The van der Waals surface area contributed by atoms with Crippen molar-refractivity contribution in [1.29, 1.82) is 0 Å². The van der Waals surface area contributed by atoms with Gasteiger partial charge >= 0.3 is 0 Å². The van der Waals surface area contributed by atoms with Crippen molar-refractivity contribution in [3.63, 3.8) is 0 Å². The van der Waals surface area contributed by atoms with Crippen molar-refractivity contribution in [2.45, 2.75) is 32.7 Å². The number of ether oxygens (including phenoxy) is 1. The van der Waals surface area contributed by atoms with Crippen molar-refractivity contribution in [1.82, 2.24) is 4.90 Å². The minimum Gasteiger partial charge on any atom is -0.381 e. The van der Waals surface area contributed by atoms with Gasteiger partial charge in [-0.3, -0.25) is 0 Å². The van der Waals surface area contributed by atoms with E-state index in [0.717, 1.165) is 32.2 Å². The van der Waals surface area contributed by atoms with Crippen molar-refractivity contribution >= 4 is 0 Å². The van der Waals surface area contributed by atoms with Crippen molar-refractivity contribution in [2.75, 3.05) is 33.4 Å². The second-order valence-corrected chi connectivity index (χ2v) is 6.30. The maximum absolute atomic E-state index is 6.37. The molecule has 0 saturated carbocycles. The average Bonchev–Trinajstić information content (AvgIpc) is 2.38. The Morgan fingerprint density at radius 1 is 1.20 bits per heavy atom. The van der Waals surface area contributed by atoms with Crippen LogP contribution in [0.25, 0.3) is 0 Å². The normalized spacial score (nSPS) is 18.4. The van der Waals surface area contributed by atoms with Gasteiger partial charge in [0.15, 0.2) is 0 Å². The van der Waals surface area contributed by atoms with Gasteiger partial charge in [-0.25, -0.2) is 0 Å². The number of rotatable bonds is 5. The maximum Gasteiger partial charge on any atom is 0.0469 e. The molecule has 2 rings (SSSR count). The van der Waals surface area contributed by atoms with Gasteiger partial charge in [0, 0.05) is 32.3 Å². The average molecular weight is 276 g/mol. The van der Waals surface area contributed by atoms with E-state index >= 15 is 0 Å². The zero-order chi connectivity index (χ0) is 14.5. The molecular weight excluding hydrogens is 248 g/mol. The van der Waals surface area contributed by atoms with E-state index in [1.165, 1.54) is 29.5 Å². The molecule has 1 aromatic rings. The number of benzene rings is 1. The van der Waals surface area contributed by atoms with E-state index in [0.29, 0.717) is 0 Å². The van der Waals surface area contributed by atoms with E-state index in [1.54, 1.807) is 0 Å². The zero-order valence-electron chi connectivity index (χ0n) is 13.1. The first kappa shape index (κ1) is 15.5. The van der Waals surface area contributed by atoms with Gasteiger partial charge in [-0.1, -0.05) is 29.3 Å². The zero-order valence-corrected chi connectivity index (χ0v) is 13.1. The molecular formula is C17H28N2O. The van der Waals surface area contributed by atoms with Crippen LogP contribution in [-0.4, -0.2) is 38.3 Å². The second kappa shape index (κ2) is 7.21. The predicted molar refractivity (Wildman–Crippen MR) is 83.9 cm³/mol. The molecule has 1 aliphatic heterocycles. The van der Waals surface area contributed by atoms with Crippen LogP contribution < -0.4 is 5.73 Å². The quantitative estimate of drug-likeness (QED) is 0.898. The molecule has 3 nitrogen and oxygen atoms in total. The number of nitrogens with zero attached hydrogens (tertiary/aromatic N) is 1. The van der Waals surface area contributed by atoms with Crippen molar-refractivity contribution in [3.05, 3.63) is 34.9 Å². The summed E-state index contributed by atoms with van der Waals surface area (Å²) >= 11 is 0. The Morgan fingerprint density at radius 2 is 1.80 bits per heavy atom. The molecule has 1 saturated heterocycles. The second-order valence-electron chi connectivity index (χ2n) is 6.30. The summed E-state index contributed by atoms with van der Waals surface area (Å²) in [4.78, 5) is 2.37. The van der Waals surface area contributed by atoms with Crippen molar-refractivity contribution < 1.29 is 4.74 Å². The summed E-state index contributed by atoms with van der Waals surface area (Å²) in [6.45, 7) is 8.15. The molecule has 112 valence electrons. The van der Waals surface area contributed by atoms with E-state index in [4.69, 9.17) is 10.5 Å². The van der Waals surface area contributed by atoms with E-state index < -0.39 is 0 Å². The summed E-state index contributed by atoms with van der Waals surface area (Å²) in [7, 11) is 2.18. The summed E-state index contributed by atoms with van der Waals surface area (Å²) in [6.07, 6.45) is 2.37. The minimum atomic E-state index is 0.0958. The Bertz CT molecular complexity index is 407. The summed E-state index contributed by atoms with van der Waals surface area (Å²) in [5, 5.41) is 0. The van der Waals surface area contributed by atoms with Crippen LogP contribution in [0.1, 0.15) is 35.6 Å². The van der Waals surface area contributed by atoms with E-state index in [9.17, 15) is 0 Å². The lowest BCUT2D eigenvalue weighted by molar-refractivity contribution is 0.0551. The maximum atomic E-state index is 6.37. The third-order valence-electron chi connectivity index (χ3n) is 4.09. The monoisotopic (exact) mass is 276 g/mol. The first-order valence-electron chi connectivity index (χ1n) is 7.64. The van der Waals surface area contributed by atoms with Crippen molar-refractivity contribution in [3.8, 4) is 0 Å². The summed E-state index contributed by atoms with van der Waals surface area (Å²) < 4.78 is 5.41. The molecule has 1 heterocycles. The van der Waals surface area contributed by atoms with Crippen LogP contribution in [0.15, 0.2) is 18.2 Å². The van der Waals surface area contributed by atoms with Gasteiger partial charge < -0.3 is 15.4 Å². The lowest BCUT2D eigenvalue weighted by atomic mass is 9.98. The Balaban J connectivity index is 1.87. The first-order valence-corrected chi connectivity index (χ1v) is 7.64. The molecule has 0 spiro atoms. The highest BCUT2D eigenvalue weighted by atomic mass is 16.5. The minimum absolute atomic E-state index is 0.0958.